The van der Waals surface area contributed by atoms with Crippen molar-refractivity contribution in [3.8, 4) is 17.2 Å². The number of benzene rings is 3. The second-order valence-electron chi connectivity index (χ2n) is 6.77. The highest BCUT2D eigenvalue weighted by molar-refractivity contribution is 7.89. The van der Waals surface area contributed by atoms with Crippen LogP contribution in [0.25, 0.3) is 0 Å². The minimum absolute atomic E-state index is 0.0621. The highest BCUT2D eigenvalue weighted by Gasteiger charge is 2.23. The molecule has 0 saturated carbocycles. The third-order valence-corrected chi connectivity index (χ3v) is 6.45. The average Bonchev–Trinajstić information content (AvgIpc) is 2.77. The molecular formula is C23H23ClN2O5S. The molecule has 9 heteroatoms. The van der Waals surface area contributed by atoms with Gasteiger partial charge in [0.1, 0.15) is 11.5 Å². The molecule has 3 aromatic rings. The monoisotopic (exact) mass is 474 g/mol. The molecule has 0 aliphatic heterocycles. The molecule has 0 bridgehead atoms. The third kappa shape index (κ3) is 6.00. The number of halogens is 1. The number of likely N-dealkylation sites (N-methyl/N-ethyl adjacent to an activating group) is 1. The van der Waals surface area contributed by atoms with Gasteiger partial charge in [0.05, 0.1) is 23.7 Å². The van der Waals surface area contributed by atoms with Crippen molar-refractivity contribution < 1.29 is 22.7 Å². The fraction of sp³-hybridized carbons (Fsp3) is 0.174. The van der Waals surface area contributed by atoms with Crippen molar-refractivity contribution in [3.63, 3.8) is 0 Å². The van der Waals surface area contributed by atoms with E-state index in [-0.39, 0.29) is 4.90 Å². The minimum Gasteiger partial charge on any atom is -0.494 e. The van der Waals surface area contributed by atoms with Crippen molar-refractivity contribution >= 4 is 33.2 Å². The Morgan fingerprint density at radius 1 is 1.00 bits per heavy atom. The molecule has 0 radical (unpaired) electrons. The van der Waals surface area contributed by atoms with E-state index in [9.17, 15) is 13.2 Å². The lowest BCUT2D eigenvalue weighted by Crippen LogP contribution is -2.35. The van der Waals surface area contributed by atoms with E-state index in [1.165, 1.54) is 19.2 Å². The van der Waals surface area contributed by atoms with Gasteiger partial charge in [0, 0.05) is 12.1 Å². The summed E-state index contributed by atoms with van der Waals surface area (Å²) in [6.45, 7) is 1.92. The van der Waals surface area contributed by atoms with Crippen molar-refractivity contribution in [1.29, 1.82) is 0 Å². The second-order valence-corrected chi connectivity index (χ2v) is 9.25. The molecule has 0 atom stereocenters. The average molecular weight is 475 g/mol. The Labute approximate surface area is 192 Å². The lowest BCUT2D eigenvalue weighted by molar-refractivity contribution is -0.116. The van der Waals surface area contributed by atoms with E-state index in [4.69, 9.17) is 21.1 Å². The Balaban J connectivity index is 1.71. The van der Waals surface area contributed by atoms with Crippen molar-refractivity contribution in [1.82, 2.24) is 4.31 Å². The fourth-order valence-electron chi connectivity index (χ4n) is 2.84. The minimum atomic E-state index is -3.87. The Bertz CT molecular complexity index is 1170. The van der Waals surface area contributed by atoms with E-state index >= 15 is 0 Å². The second kappa shape index (κ2) is 10.5. The number of rotatable bonds is 9. The van der Waals surface area contributed by atoms with Crippen molar-refractivity contribution in [2.45, 2.75) is 11.8 Å². The zero-order valence-corrected chi connectivity index (χ0v) is 19.2. The number of ether oxygens (including phenoxy) is 2. The van der Waals surface area contributed by atoms with Gasteiger partial charge < -0.3 is 14.8 Å². The summed E-state index contributed by atoms with van der Waals surface area (Å²) >= 11 is 6.07. The highest BCUT2D eigenvalue weighted by Crippen LogP contribution is 2.32. The molecule has 1 N–H and O–H groups in total. The number of para-hydroxylation sites is 1. The van der Waals surface area contributed by atoms with Crippen LogP contribution in [0.1, 0.15) is 6.92 Å². The van der Waals surface area contributed by atoms with E-state index in [0.29, 0.717) is 34.6 Å². The smallest absolute Gasteiger partial charge is 0.243 e. The summed E-state index contributed by atoms with van der Waals surface area (Å²) < 4.78 is 37.7. The number of sulfonamides is 1. The van der Waals surface area contributed by atoms with E-state index in [1.54, 1.807) is 42.5 Å². The highest BCUT2D eigenvalue weighted by atomic mass is 35.5. The number of amides is 1. The van der Waals surface area contributed by atoms with Crippen LogP contribution in [0.3, 0.4) is 0 Å². The molecule has 0 saturated heterocycles. The van der Waals surface area contributed by atoms with Crippen LogP contribution in [0.5, 0.6) is 17.2 Å². The summed E-state index contributed by atoms with van der Waals surface area (Å²) in [6, 6.07) is 19.9. The van der Waals surface area contributed by atoms with Crippen LogP contribution in [0.4, 0.5) is 5.69 Å². The largest absolute Gasteiger partial charge is 0.494 e. The lowest BCUT2D eigenvalue weighted by atomic mass is 10.2. The van der Waals surface area contributed by atoms with Crippen LogP contribution in [0, 0.1) is 0 Å². The molecule has 1 amide bonds. The zero-order valence-electron chi connectivity index (χ0n) is 17.6. The van der Waals surface area contributed by atoms with Crippen LogP contribution in [0.15, 0.2) is 77.7 Å². The number of carbonyl (C=O) groups excluding carboxylic acids is 1. The van der Waals surface area contributed by atoms with Crippen molar-refractivity contribution in [3.05, 3.63) is 77.8 Å². The van der Waals surface area contributed by atoms with Crippen molar-refractivity contribution in [2.24, 2.45) is 0 Å². The molecule has 0 fully saturated rings. The Morgan fingerprint density at radius 2 is 1.69 bits per heavy atom. The predicted octanol–water partition coefficient (Wildman–Crippen LogP) is 4.79. The fourth-order valence-corrected chi connectivity index (χ4v) is 4.14. The lowest BCUT2D eigenvalue weighted by Gasteiger charge is -2.18. The molecular weight excluding hydrogens is 452 g/mol. The molecule has 7 nitrogen and oxygen atoms in total. The summed E-state index contributed by atoms with van der Waals surface area (Å²) in [4.78, 5) is 12.7. The van der Waals surface area contributed by atoms with Gasteiger partial charge in [-0.2, -0.15) is 4.31 Å². The van der Waals surface area contributed by atoms with Crippen LogP contribution >= 0.6 is 11.6 Å². The molecule has 3 rings (SSSR count). The Kier molecular flexibility index (Phi) is 7.74. The quantitative estimate of drug-likeness (QED) is 0.482. The third-order valence-electron chi connectivity index (χ3n) is 4.40. The van der Waals surface area contributed by atoms with Gasteiger partial charge in [0.15, 0.2) is 5.75 Å². The summed E-state index contributed by atoms with van der Waals surface area (Å²) in [6.07, 6.45) is 0. The maximum absolute atomic E-state index is 12.8. The number of hydrogen-bond acceptors (Lipinski definition) is 5. The molecule has 0 heterocycles. The number of anilines is 1. The maximum Gasteiger partial charge on any atom is 0.243 e. The summed E-state index contributed by atoms with van der Waals surface area (Å²) in [7, 11) is -2.53. The van der Waals surface area contributed by atoms with Crippen LogP contribution in [-0.2, 0) is 14.8 Å². The first kappa shape index (κ1) is 23.6. The zero-order chi connectivity index (χ0) is 23.1. The summed E-state index contributed by atoms with van der Waals surface area (Å²) in [5.74, 6) is 0.993. The molecule has 0 spiro atoms. The van der Waals surface area contributed by atoms with Crippen LogP contribution in [0.2, 0.25) is 5.02 Å². The van der Waals surface area contributed by atoms with Gasteiger partial charge >= 0.3 is 0 Å². The van der Waals surface area contributed by atoms with Gasteiger partial charge in [-0.15, -0.1) is 0 Å². The predicted molar refractivity (Wildman–Crippen MR) is 124 cm³/mol. The standard InChI is InChI=1S/C23H23ClN2O5S/c1-3-30-18-10-12-20(13-11-18)32(28,29)26(2)16-23(27)25-21-15-17(24)9-14-22(21)31-19-7-5-4-6-8-19/h4-15H,3,16H2,1-2H3,(H,25,27). The normalized spacial score (nSPS) is 11.2. The van der Waals surface area contributed by atoms with E-state index in [0.717, 1.165) is 4.31 Å². The van der Waals surface area contributed by atoms with Gasteiger partial charge in [-0.1, -0.05) is 29.8 Å². The molecule has 168 valence electrons. The molecule has 0 aromatic heterocycles. The Morgan fingerprint density at radius 3 is 2.34 bits per heavy atom. The van der Waals surface area contributed by atoms with E-state index in [2.05, 4.69) is 5.32 Å². The summed E-state index contributed by atoms with van der Waals surface area (Å²) in [5.41, 5.74) is 0.332. The molecule has 3 aromatic carbocycles. The van der Waals surface area contributed by atoms with Gasteiger partial charge in [0.2, 0.25) is 15.9 Å². The topological polar surface area (TPSA) is 84.9 Å². The number of carbonyl (C=O) groups is 1. The number of nitrogens with zero attached hydrogens (tertiary/aromatic N) is 1. The maximum atomic E-state index is 12.8. The Hall–Kier alpha value is -3.07. The van der Waals surface area contributed by atoms with E-state index in [1.807, 2.05) is 25.1 Å². The van der Waals surface area contributed by atoms with Crippen molar-refractivity contribution in [2.75, 3.05) is 25.5 Å². The summed E-state index contributed by atoms with van der Waals surface area (Å²) in [5, 5.41) is 3.08. The first-order valence-electron chi connectivity index (χ1n) is 9.81. The van der Waals surface area contributed by atoms with E-state index < -0.39 is 22.5 Å². The number of nitrogens with one attached hydrogen (secondary N) is 1. The molecule has 0 aliphatic carbocycles. The van der Waals surface area contributed by atoms with Gasteiger partial charge in [0.25, 0.3) is 0 Å². The molecule has 32 heavy (non-hydrogen) atoms. The molecule has 0 aliphatic rings. The first-order chi connectivity index (χ1) is 15.3. The SMILES string of the molecule is CCOc1ccc(S(=O)(=O)N(C)CC(=O)Nc2cc(Cl)ccc2Oc2ccccc2)cc1. The van der Waals surface area contributed by atoms with Gasteiger partial charge in [-0.05, 0) is 61.5 Å². The number of hydrogen-bond donors (Lipinski definition) is 1. The van der Waals surface area contributed by atoms with Gasteiger partial charge in [-0.3, -0.25) is 4.79 Å². The van der Waals surface area contributed by atoms with Gasteiger partial charge in [-0.25, -0.2) is 8.42 Å². The van der Waals surface area contributed by atoms with Crippen LogP contribution < -0.4 is 14.8 Å². The van der Waals surface area contributed by atoms with Crippen LogP contribution in [-0.4, -0.2) is 38.8 Å². The first-order valence-corrected chi connectivity index (χ1v) is 11.6. The molecule has 0 unspecified atom stereocenters.